The largest absolute Gasteiger partial charge is 0.344 e. The van der Waals surface area contributed by atoms with Crippen molar-refractivity contribution in [3.63, 3.8) is 0 Å². The molecular weight excluding hydrogens is 317 g/mol. The predicted molar refractivity (Wildman–Crippen MR) is 89.9 cm³/mol. The Bertz CT molecular complexity index is 426. The van der Waals surface area contributed by atoms with Crippen molar-refractivity contribution in [1.82, 2.24) is 10.3 Å². The van der Waals surface area contributed by atoms with E-state index in [9.17, 15) is 4.79 Å². The van der Waals surface area contributed by atoms with Gasteiger partial charge in [-0.25, -0.2) is 4.98 Å². The number of carbonyl (C=O) groups excluding carboxylic acids is 1. The Morgan fingerprint density at radius 1 is 1.50 bits per heavy atom. The van der Waals surface area contributed by atoms with Crippen LogP contribution in [0.2, 0.25) is 0 Å². The van der Waals surface area contributed by atoms with Gasteiger partial charge in [0.05, 0.1) is 5.54 Å². The molecule has 1 amide bonds. The van der Waals surface area contributed by atoms with Crippen LogP contribution < -0.4 is 11.1 Å². The van der Waals surface area contributed by atoms with E-state index >= 15 is 0 Å². The molecule has 0 spiro atoms. The molecular formula is C13H25Cl2N3OS. The van der Waals surface area contributed by atoms with Gasteiger partial charge in [-0.05, 0) is 27.2 Å². The molecule has 3 N–H and O–H groups in total. The first-order valence-electron chi connectivity index (χ1n) is 6.30. The average molecular weight is 342 g/mol. The monoisotopic (exact) mass is 341 g/mol. The molecule has 4 nitrogen and oxygen atoms in total. The van der Waals surface area contributed by atoms with Gasteiger partial charge in [-0.3, -0.25) is 4.79 Å². The maximum absolute atomic E-state index is 12.1. The Hall–Kier alpha value is -0.360. The fraction of sp³-hybridized carbons (Fsp3) is 0.692. The standard InChI is InChI=1S/C13H23N3OS.2ClH/c1-6-13(5,12-15-8(2)7-18-12)16-11(17)9(3)10(4)14;;/h7,9-10H,6,14H2,1-5H3,(H,16,17);2*1H. The summed E-state index contributed by atoms with van der Waals surface area (Å²) < 4.78 is 0. The van der Waals surface area contributed by atoms with E-state index in [1.165, 1.54) is 0 Å². The highest BCUT2D eigenvalue weighted by Crippen LogP contribution is 2.28. The summed E-state index contributed by atoms with van der Waals surface area (Å²) in [6.07, 6.45) is 0.803. The Balaban J connectivity index is 0. The summed E-state index contributed by atoms with van der Waals surface area (Å²) in [5.74, 6) is -0.209. The average Bonchev–Trinajstić information content (AvgIpc) is 2.75. The van der Waals surface area contributed by atoms with Gasteiger partial charge in [0.25, 0.3) is 0 Å². The van der Waals surface area contributed by atoms with E-state index in [1.54, 1.807) is 11.3 Å². The van der Waals surface area contributed by atoms with Gasteiger partial charge >= 0.3 is 0 Å². The molecule has 0 aliphatic carbocycles. The van der Waals surface area contributed by atoms with Gasteiger partial charge in [0, 0.05) is 23.0 Å². The van der Waals surface area contributed by atoms with Crippen LogP contribution in [0.3, 0.4) is 0 Å². The molecule has 7 heteroatoms. The third-order valence-corrected chi connectivity index (χ3v) is 4.62. The molecule has 0 saturated carbocycles. The van der Waals surface area contributed by atoms with Gasteiger partial charge in [-0.15, -0.1) is 36.2 Å². The van der Waals surface area contributed by atoms with Crippen molar-refractivity contribution in [1.29, 1.82) is 0 Å². The summed E-state index contributed by atoms with van der Waals surface area (Å²) in [5, 5.41) is 6.04. The van der Waals surface area contributed by atoms with E-state index in [-0.39, 0.29) is 42.7 Å². The Labute approximate surface area is 137 Å². The summed E-state index contributed by atoms with van der Waals surface area (Å²) in [5.41, 5.74) is 6.35. The van der Waals surface area contributed by atoms with Gasteiger partial charge in [-0.2, -0.15) is 0 Å². The molecule has 1 aromatic heterocycles. The number of nitrogens with zero attached hydrogens (tertiary/aromatic N) is 1. The number of carbonyl (C=O) groups is 1. The Morgan fingerprint density at radius 3 is 2.40 bits per heavy atom. The quantitative estimate of drug-likeness (QED) is 0.864. The number of amides is 1. The molecule has 1 aromatic rings. The lowest BCUT2D eigenvalue weighted by Gasteiger charge is -2.29. The second kappa shape index (κ2) is 8.82. The first-order chi connectivity index (χ1) is 8.30. The lowest BCUT2D eigenvalue weighted by Crippen LogP contribution is -2.48. The lowest BCUT2D eigenvalue weighted by atomic mass is 9.96. The van der Waals surface area contributed by atoms with Gasteiger partial charge in [0.15, 0.2) is 0 Å². The van der Waals surface area contributed by atoms with E-state index in [4.69, 9.17) is 5.73 Å². The Kier molecular flexibility index (Phi) is 9.67. The van der Waals surface area contributed by atoms with Crippen molar-refractivity contribution in [2.45, 2.75) is 52.6 Å². The minimum Gasteiger partial charge on any atom is -0.344 e. The molecule has 3 unspecified atom stereocenters. The molecule has 118 valence electrons. The van der Waals surface area contributed by atoms with Crippen LogP contribution in [0, 0.1) is 12.8 Å². The molecule has 0 radical (unpaired) electrons. The zero-order chi connectivity index (χ0) is 13.9. The molecule has 0 bridgehead atoms. The fourth-order valence-corrected chi connectivity index (χ4v) is 2.51. The van der Waals surface area contributed by atoms with Crippen molar-refractivity contribution >= 4 is 42.1 Å². The maximum atomic E-state index is 12.1. The van der Waals surface area contributed by atoms with E-state index in [0.717, 1.165) is 17.1 Å². The van der Waals surface area contributed by atoms with Gasteiger partial charge in [0.2, 0.25) is 5.91 Å². The number of rotatable bonds is 5. The summed E-state index contributed by atoms with van der Waals surface area (Å²) in [6, 6.07) is -0.149. The summed E-state index contributed by atoms with van der Waals surface area (Å²) in [7, 11) is 0. The summed E-state index contributed by atoms with van der Waals surface area (Å²) in [6.45, 7) is 9.72. The molecule has 3 atom stereocenters. The SMILES string of the molecule is CCC(C)(NC(=O)C(C)C(C)N)c1nc(C)cs1.Cl.Cl. The number of aryl methyl sites for hydroxylation is 1. The maximum Gasteiger partial charge on any atom is 0.225 e. The molecule has 1 rings (SSSR count). The smallest absolute Gasteiger partial charge is 0.225 e. The number of nitrogens with two attached hydrogens (primary N) is 1. The number of aromatic nitrogens is 1. The van der Waals surface area contributed by atoms with Crippen molar-refractivity contribution < 1.29 is 4.79 Å². The fourth-order valence-electron chi connectivity index (χ4n) is 1.53. The number of thiazole rings is 1. The zero-order valence-electron chi connectivity index (χ0n) is 12.6. The first kappa shape index (κ1) is 21.9. The first-order valence-corrected chi connectivity index (χ1v) is 7.18. The normalized spacial score (nSPS) is 16.1. The molecule has 0 fully saturated rings. The minimum absolute atomic E-state index is 0. The van der Waals surface area contributed by atoms with Crippen molar-refractivity contribution in [3.05, 3.63) is 16.1 Å². The molecule has 0 aliphatic heterocycles. The van der Waals surface area contributed by atoms with E-state index < -0.39 is 5.54 Å². The van der Waals surface area contributed by atoms with Crippen LogP contribution in [0.5, 0.6) is 0 Å². The van der Waals surface area contributed by atoms with Crippen LogP contribution in [-0.4, -0.2) is 16.9 Å². The Morgan fingerprint density at radius 2 is 2.05 bits per heavy atom. The van der Waals surface area contributed by atoms with Crippen molar-refractivity contribution in [2.75, 3.05) is 0 Å². The van der Waals surface area contributed by atoms with Gasteiger partial charge < -0.3 is 11.1 Å². The molecule has 0 aromatic carbocycles. The van der Waals surface area contributed by atoms with Crippen molar-refractivity contribution in [2.24, 2.45) is 11.7 Å². The summed E-state index contributed by atoms with van der Waals surface area (Å²) >= 11 is 1.59. The van der Waals surface area contributed by atoms with Crippen LogP contribution in [0.1, 0.15) is 44.8 Å². The van der Waals surface area contributed by atoms with Gasteiger partial charge in [-0.1, -0.05) is 13.8 Å². The highest BCUT2D eigenvalue weighted by Gasteiger charge is 2.31. The van der Waals surface area contributed by atoms with Crippen molar-refractivity contribution in [3.8, 4) is 0 Å². The second-order valence-electron chi connectivity index (χ2n) is 5.12. The number of nitrogens with one attached hydrogen (secondary N) is 1. The van der Waals surface area contributed by atoms with Crippen LogP contribution in [0.25, 0.3) is 0 Å². The van der Waals surface area contributed by atoms with Crippen LogP contribution >= 0.6 is 36.2 Å². The predicted octanol–water partition coefficient (Wildman–Crippen LogP) is 3.02. The molecule has 0 aliphatic rings. The van der Waals surface area contributed by atoms with E-state index in [2.05, 4.69) is 10.3 Å². The number of hydrogen-bond acceptors (Lipinski definition) is 4. The van der Waals surface area contributed by atoms with Crippen LogP contribution in [0.4, 0.5) is 0 Å². The highest BCUT2D eigenvalue weighted by atomic mass is 35.5. The van der Waals surface area contributed by atoms with Crippen LogP contribution in [-0.2, 0) is 10.3 Å². The third-order valence-electron chi connectivity index (χ3n) is 3.40. The van der Waals surface area contributed by atoms with E-state index in [0.29, 0.717) is 0 Å². The number of halogens is 2. The number of hydrogen-bond donors (Lipinski definition) is 2. The van der Waals surface area contributed by atoms with Gasteiger partial charge in [0.1, 0.15) is 5.01 Å². The van der Waals surface area contributed by atoms with Crippen LogP contribution in [0.15, 0.2) is 5.38 Å². The topological polar surface area (TPSA) is 68.0 Å². The summed E-state index contributed by atoms with van der Waals surface area (Å²) in [4.78, 5) is 16.6. The third kappa shape index (κ3) is 5.20. The second-order valence-corrected chi connectivity index (χ2v) is 5.97. The highest BCUT2D eigenvalue weighted by molar-refractivity contribution is 7.09. The minimum atomic E-state index is -0.404. The molecule has 1 heterocycles. The molecule has 20 heavy (non-hydrogen) atoms. The molecule has 0 saturated heterocycles. The zero-order valence-corrected chi connectivity index (χ0v) is 15.0. The lowest BCUT2D eigenvalue weighted by molar-refractivity contribution is -0.127. The van der Waals surface area contributed by atoms with E-state index in [1.807, 2.05) is 40.0 Å².